The third-order valence-corrected chi connectivity index (χ3v) is 14.8. The summed E-state index contributed by atoms with van der Waals surface area (Å²) in [6.07, 6.45) is 0. The van der Waals surface area contributed by atoms with Crippen molar-refractivity contribution >= 4 is 72.7 Å². The zero-order chi connectivity index (χ0) is 41.7. The maximum atomic E-state index is 2.41. The van der Waals surface area contributed by atoms with Crippen LogP contribution in [-0.2, 0) is 0 Å². The average molecular weight is 868 g/mol. The van der Waals surface area contributed by atoms with Crippen LogP contribution >= 0.6 is 0 Å². The number of para-hydroxylation sites is 2. The smallest absolute Gasteiger partial charge is 0.0538 e. The Morgan fingerprint density at radius 2 is 0.683 bits per heavy atom. The second-order valence-electron chi connectivity index (χ2n) is 16.1. The molecule has 63 heavy (non-hydrogen) atoms. The minimum atomic E-state index is 0.327. The standard InChI is InChI=1S/C60H40N2Se/c1-3-11-41(12-4-1)42-19-21-43(22-20-42)44-23-31-50(32-24-44)61(52-35-27-46(28-36-52)48-29-37-55-54-16-8-10-18-59(54)63-60(55)40-48)51-33-25-45(26-34-51)47-30-38-58-56(39-47)53-15-7-9-17-57(53)62(58)49-13-5-2-6-14-49/h1-40H. The van der Waals surface area contributed by atoms with Crippen LogP contribution in [0.5, 0.6) is 0 Å². The summed E-state index contributed by atoms with van der Waals surface area (Å²) in [4.78, 5) is 2.37. The molecule has 0 saturated heterocycles. The zero-order valence-corrected chi connectivity index (χ0v) is 36.1. The summed E-state index contributed by atoms with van der Waals surface area (Å²) in [6.45, 7) is 0. The van der Waals surface area contributed by atoms with E-state index in [4.69, 9.17) is 0 Å². The van der Waals surface area contributed by atoms with E-state index in [1.165, 1.54) is 91.3 Å². The van der Waals surface area contributed by atoms with E-state index in [0.717, 1.165) is 17.1 Å². The molecule has 296 valence electrons. The quantitative estimate of drug-likeness (QED) is 0.138. The van der Waals surface area contributed by atoms with Gasteiger partial charge in [-0.1, -0.05) is 97.1 Å². The van der Waals surface area contributed by atoms with Gasteiger partial charge >= 0.3 is 193 Å². The molecule has 2 heterocycles. The molecule has 3 heteroatoms. The van der Waals surface area contributed by atoms with Gasteiger partial charge in [0.1, 0.15) is 0 Å². The van der Waals surface area contributed by atoms with E-state index >= 15 is 0 Å². The summed E-state index contributed by atoms with van der Waals surface area (Å²) in [5.74, 6) is 0. The van der Waals surface area contributed by atoms with Crippen LogP contribution in [0, 0.1) is 0 Å². The second kappa shape index (κ2) is 15.7. The van der Waals surface area contributed by atoms with Crippen LogP contribution in [0.3, 0.4) is 0 Å². The molecule has 0 saturated carbocycles. The topological polar surface area (TPSA) is 8.17 Å². The third kappa shape index (κ3) is 6.76. The maximum Gasteiger partial charge on any atom is -0.0538 e. The van der Waals surface area contributed by atoms with Crippen LogP contribution in [0.2, 0.25) is 0 Å². The molecule has 0 atom stereocenters. The van der Waals surface area contributed by atoms with Crippen molar-refractivity contribution < 1.29 is 0 Å². The fourth-order valence-electron chi connectivity index (χ4n) is 9.25. The van der Waals surface area contributed by atoms with E-state index in [9.17, 15) is 0 Å². The fraction of sp³-hybridized carbons (Fsp3) is 0. The molecule has 0 aliphatic heterocycles. The van der Waals surface area contributed by atoms with E-state index in [0.29, 0.717) is 14.5 Å². The Hall–Kier alpha value is -7.68. The Morgan fingerprint density at radius 1 is 0.270 bits per heavy atom. The molecular weight excluding hydrogens is 828 g/mol. The number of anilines is 3. The van der Waals surface area contributed by atoms with E-state index in [1.807, 2.05) is 0 Å². The van der Waals surface area contributed by atoms with Crippen molar-refractivity contribution in [1.29, 1.82) is 0 Å². The second-order valence-corrected chi connectivity index (χ2v) is 18.4. The van der Waals surface area contributed by atoms with Gasteiger partial charge in [-0.3, -0.25) is 0 Å². The average Bonchev–Trinajstić information content (AvgIpc) is 3.90. The van der Waals surface area contributed by atoms with Crippen molar-refractivity contribution in [3.63, 3.8) is 0 Å². The summed E-state index contributed by atoms with van der Waals surface area (Å²) in [6, 6.07) is 88.7. The van der Waals surface area contributed by atoms with Gasteiger partial charge in [-0.15, -0.1) is 0 Å². The zero-order valence-electron chi connectivity index (χ0n) is 34.4. The van der Waals surface area contributed by atoms with Gasteiger partial charge < -0.3 is 4.57 Å². The Balaban J connectivity index is 0.902. The van der Waals surface area contributed by atoms with E-state index < -0.39 is 0 Å². The van der Waals surface area contributed by atoms with E-state index in [2.05, 4.69) is 252 Å². The SMILES string of the molecule is c1ccc(-c2ccc(-c3ccc(N(c4ccc(-c5ccc6c(c5)[se]c5ccccc56)cc4)c4ccc(-c5ccc6c(c5)c5ccccc5n6-c5ccccc5)cc4)cc3)cc2)cc1. The maximum absolute atomic E-state index is 2.41. The monoisotopic (exact) mass is 868 g/mol. The van der Waals surface area contributed by atoms with Crippen molar-refractivity contribution in [1.82, 2.24) is 4.57 Å². The van der Waals surface area contributed by atoms with Crippen LogP contribution in [0.4, 0.5) is 17.1 Å². The van der Waals surface area contributed by atoms with E-state index in [1.54, 1.807) is 0 Å². The molecule has 12 aromatic rings. The molecule has 0 N–H and O–H groups in total. The molecule has 0 amide bonds. The van der Waals surface area contributed by atoms with Gasteiger partial charge in [0.15, 0.2) is 0 Å². The molecule has 0 aliphatic rings. The Labute approximate surface area is 372 Å². The van der Waals surface area contributed by atoms with Crippen LogP contribution < -0.4 is 4.90 Å². The van der Waals surface area contributed by atoms with Gasteiger partial charge in [-0.25, -0.2) is 0 Å². The Bertz CT molecular complexity index is 3570. The Kier molecular flexibility index (Phi) is 9.22. The number of hydrogen-bond donors (Lipinski definition) is 0. The molecule has 0 fully saturated rings. The van der Waals surface area contributed by atoms with Gasteiger partial charge in [-0.2, -0.15) is 0 Å². The first-order valence-corrected chi connectivity index (χ1v) is 23.2. The normalized spacial score (nSPS) is 11.5. The number of hydrogen-bond acceptors (Lipinski definition) is 1. The number of aromatic nitrogens is 1. The molecule has 0 spiro atoms. The number of rotatable bonds is 8. The molecule has 2 aromatic heterocycles. The molecular formula is C60H40N2Se. The first-order chi connectivity index (χ1) is 31.2. The minimum Gasteiger partial charge on any atom is -0.0617 e. The largest absolute Gasteiger partial charge is 0.0617 e. The van der Waals surface area contributed by atoms with Gasteiger partial charge in [0.25, 0.3) is 0 Å². The number of fused-ring (bicyclic) bond motifs is 6. The third-order valence-electron chi connectivity index (χ3n) is 12.4. The van der Waals surface area contributed by atoms with Crippen molar-refractivity contribution in [2.24, 2.45) is 0 Å². The predicted octanol–water partition coefficient (Wildman–Crippen LogP) is 16.3. The molecule has 0 unspecified atom stereocenters. The van der Waals surface area contributed by atoms with Crippen LogP contribution in [-0.4, -0.2) is 19.1 Å². The molecule has 12 rings (SSSR count). The molecule has 2 nitrogen and oxygen atoms in total. The fourth-order valence-corrected chi connectivity index (χ4v) is 11.7. The summed E-state index contributed by atoms with van der Waals surface area (Å²) in [5.41, 5.74) is 16.6. The van der Waals surface area contributed by atoms with Gasteiger partial charge in [-0.05, 0) is 52.6 Å². The van der Waals surface area contributed by atoms with Crippen molar-refractivity contribution in [3.8, 4) is 50.2 Å². The molecule has 10 aromatic carbocycles. The van der Waals surface area contributed by atoms with Crippen LogP contribution in [0.25, 0.3) is 91.3 Å². The molecule has 0 bridgehead atoms. The van der Waals surface area contributed by atoms with Gasteiger partial charge in [0.05, 0.1) is 11.0 Å². The molecule has 0 radical (unpaired) electrons. The van der Waals surface area contributed by atoms with Crippen molar-refractivity contribution in [3.05, 3.63) is 243 Å². The van der Waals surface area contributed by atoms with Crippen LogP contribution in [0.1, 0.15) is 0 Å². The Morgan fingerprint density at radius 3 is 1.30 bits per heavy atom. The number of nitrogens with zero attached hydrogens (tertiary/aromatic N) is 2. The summed E-state index contributed by atoms with van der Waals surface area (Å²) in [5, 5.41) is 5.28. The predicted molar refractivity (Wildman–Crippen MR) is 269 cm³/mol. The van der Waals surface area contributed by atoms with Crippen molar-refractivity contribution in [2.45, 2.75) is 0 Å². The summed E-state index contributed by atoms with van der Waals surface area (Å²) in [7, 11) is 0. The van der Waals surface area contributed by atoms with E-state index in [-0.39, 0.29) is 0 Å². The van der Waals surface area contributed by atoms with Crippen LogP contribution in [0.15, 0.2) is 243 Å². The minimum absolute atomic E-state index is 0.327. The summed E-state index contributed by atoms with van der Waals surface area (Å²) < 4.78 is 5.30. The van der Waals surface area contributed by atoms with Gasteiger partial charge in [0, 0.05) is 16.5 Å². The summed E-state index contributed by atoms with van der Waals surface area (Å²) >= 11 is 0.327. The first kappa shape index (κ1) is 37.1. The first-order valence-electron chi connectivity index (χ1n) is 21.5. The van der Waals surface area contributed by atoms with Gasteiger partial charge in [0.2, 0.25) is 0 Å². The number of benzene rings is 10. The van der Waals surface area contributed by atoms with Crippen molar-refractivity contribution in [2.75, 3.05) is 4.90 Å². The molecule has 0 aliphatic carbocycles.